The maximum atomic E-state index is 10.9. The van der Waals surface area contributed by atoms with Gasteiger partial charge in [-0.25, -0.2) is 9.78 Å². The summed E-state index contributed by atoms with van der Waals surface area (Å²) in [6.45, 7) is 2.13. The molecule has 112 valence electrons. The Balaban J connectivity index is 2.12. The molecule has 0 radical (unpaired) electrons. The Hall–Kier alpha value is -2.30. The van der Waals surface area contributed by atoms with Crippen LogP contribution in [0.25, 0.3) is 11.3 Å². The standard InChI is InChI=1S/C16H21N3O2/c1-2-3-5-10-13(19-16(20)21)15-17-11-14(18-15)12-8-6-4-7-9-12/h4,6-9,11,13,19H,2-3,5,10H2,1H3,(H,17,18)(H,20,21). The number of carboxylic acid groups (broad SMARTS) is 1. The molecule has 5 heteroatoms. The van der Waals surface area contributed by atoms with Gasteiger partial charge in [0.1, 0.15) is 5.82 Å². The summed E-state index contributed by atoms with van der Waals surface area (Å²) in [6.07, 6.45) is 4.65. The number of rotatable bonds is 7. The van der Waals surface area contributed by atoms with E-state index in [4.69, 9.17) is 5.11 Å². The van der Waals surface area contributed by atoms with Crippen molar-refractivity contribution >= 4 is 6.09 Å². The van der Waals surface area contributed by atoms with Crippen molar-refractivity contribution in [3.63, 3.8) is 0 Å². The van der Waals surface area contributed by atoms with E-state index in [0.717, 1.165) is 36.9 Å². The fourth-order valence-electron chi connectivity index (χ4n) is 2.30. The van der Waals surface area contributed by atoms with Crippen LogP contribution in [0.5, 0.6) is 0 Å². The highest BCUT2D eigenvalue weighted by molar-refractivity contribution is 5.65. The van der Waals surface area contributed by atoms with Gasteiger partial charge in [-0.05, 0) is 12.0 Å². The molecule has 1 aromatic heterocycles. The Morgan fingerprint density at radius 1 is 1.33 bits per heavy atom. The number of unbranched alkanes of at least 4 members (excludes halogenated alkanes) is 2. The van der Waals surface area contributed by atoms with Crippen LogP contribution in [0.3, 0.4) is 0 Å². The summed E-state index contributed by atoms with van der Waals surface area (Å²) in [6, 6.07) is 9.59. The lowest BCUT2D eigenvalue weighted by Gasteiger charge is -2.14. The number of benzene rings is 1. The number of hydrogen-bond acceptors (Lipinski definition) is 2. The number of imidazole rings is 1. The van der Waals surface area contributed by atoms with Crippen molar-refractivity contribution in [1.82, 2.24) is 15.3 Å². The van der Waals surface area contributed by atoms with Gasteiger partial charge in [-0.3, -0.25) is 0 Å². The number of aromatic amines is 1. The molecular formula is C16H21N3O2. The minimum atomic E-state index is -1.02. The number of nitrogens with zero attached hydrogens (tertiary/aromatic N) is 1. The maximum Gasteiger partial charge on any atom is 0.405 e. The Kier molecular flexibility index (Phi) is 5.37. The Labute approximate surface area is 124 Å². The minimum absolute atomic E-state index is 0.286. The van der Waals surface area contributed by atoms with Crippen LogP contribution in [0.15, 0.2) is 36.5 Å². The largest absolute Gasteiger partial charge is 0.465 e. The molecule has 2 rings (SSSR count). The third kappa shape index (κ3) is 4.34. The SMILES string of the molecule is CCCCCC(NC(=O)O)c1ncc(-c2ccccc2)[nH]1. The smallest absolute Gasteiger partial charge is 0.405 e. The lowest BCUT2D eigenvalue weighted by molar-refractivity contribution is 0.188. The number of H-pyrrole nitrogens is 1. The van der Waals surface area contributed by atoms with E-state index in [-0.39, 0.29) is 6.04 Å². The second-order valence-corrected chi connectivity index (χ2v) is 5.05. The zero-order valence-corrected chi connectivity index (χ0v) is 12.2. The maximum absolute atomic E-state index is 10.9. The van der Waals surface area contributed by atoms with Gasteiger partial charge in [-0.15, -0.1) is 0 Å². The Morgan fingerprint density at radius 2 is 2.10 bits per heavy atom. The first kappa shape index (κ1) is 15.1. The van der Waals surface area contributed by atoms with Crippen molar-refractivity contribution in [1.29, 1.82) is 0 Å². The highest BCUT2D eigenvalue weighted by atomic mass is 16.4. The Bertz CT molecular complexity index is 566. The number of hydrogen-bond donors (Lipinski definition) is 3. The molecule has 1 aromatic carbocycles. The van der Waals surface area contributed by atoms with Crippen molar-refractivity contribution in [2.24, 2.45) is 0 Å². The lowest BCUT2D eigenvalue weighted by atomic mass is 10.1. The molecule has 0 bridgehead atoms. The van der Waals surface area contributed by atoms with E-state index < -0.39 is 6.09 Å². The summed E-state index contributed by atoms with van der Waals surface area (Å²) in [5.74, 6) is 0.673. The molecule has 0 aliphatic heterocycles. The van der Waals surface area contributed by atoms with Crippen LogP contribution in [-0.2, 0) is 0 Å². The van der Waals surface area contributed by atoms with Crippen LogP contribution in [0, 0.1) is 0 Å². The number of aromatic nitrogens is 2. The molecule has 0 saturated heterocycles. The fourth-order valence-corrected chi connectivity index (χ4v) is 2.30. The predicted molar refractivity (Wildman–Crippen MR) is 82.1 cm³/mol. The third-order valence-electron chi connectivity index (χ3n) is 3.40. The van der Waals surface area contributed by atoms with Crippen molar-refractivity contribution in [2.45, 2.75) is 38.6 Å². The first-order valence-corrected chi connectivity index (χ1v) is 7.30. The van der Waals surface area contributed by atoms with Crippen molar-refractivity contribution in [3.05, 3.63) is 42.4 Å². The molecule has 2 aromatic rings. The average molecular weight is 287 g/mol. The van der Waals surface area contributed by atoms with Crippen LogP contribution in [0.2, 0.25) is 0 Å². The normalized spacial score (nSPS) is 12.0. The van der Waals surface area contributed by atoms with Gasteiger partial charge in [0.25, 0.3) is 0 Å². The van der Waals surface area contributed by atoms with Gasteiger partial charge in [-0.2, -0.15) is 0 Å². The van der Waals surface area contributed by atoms with E-state index >= 15 is 0 Å². The zero-order valence-electron chi connectivity index (χ0n) is 12.2. The van der Waals surface area contributed by atoms with Gasteiger partial charge < -0.3 is 15.4 Å². The van der Waals surface area contributed by atoms with Crippen LogP contribution in [0.1, 0.15) is 44.5 Å². The number of carbonyl (C=O) groups is 1. The summed E-state index contributed by atoms with van der Waals surface area (Å²) in [7, 11) is 0. The average Bonchev–Trinajstić information content (AvgIpc) is 2.97. The molecule has 1 atom stereocenters. The monoisotopic (exact) mass is 287 g/mol. The summed E-state index contributed by atoms with van der Waals surface area (Å²) < 4.78 is 0. The van der Waals surface area contributed by atoms with Crippen LogP contribution < -0.4 is 5.32 Å². The number of nitrogens with one attached hydrogen (secondary N) is 2. The third-order valence-corrected chi connectivity index (χ3v) is 3.40. The quantitative estimate of drug-likeness (QED) is 0.674. The molecule has 5 nitrogen and oxygen atoms in total. The van der Waals surface area contributed by atoms with Gasteiger partial charge in [0.05, 0.1) is 17.9 Å². The van der Waals surface area contributed by atoms with Gasteiger partial charge in [0.2, 0.25) is 0 Å². The first-order chi connectivity index (χ1) is 10.2. The van der Waals surface area contributed by atoms with E-state index in [2.05, 4.69) is 22.2 Å². The van der Waals surface area contributed by atoms with Gasteiger partial charge in [0, 0.05) is 0 Å². The molecule has 3 N–H and O–H groups in total. The van der Waals surface area contributed by atoms with E-state index in [1.54, 1.807) is 6.20 Å². The predicted octanol–water partition coefficient (Wildman–Crippen LogP) is 3.97. The highest BCUT2D eigenvalue weighted by Gasteiger charge is 2.17. The van der Waals surface area contributed by atoms with Gasteiger partial charge in [-0.1, -0.05) is 56.5 Å². The summed E-state index contributed by atoms with van der Waals surface area (Å²) in [4.78, 5) is 18.5. The molecule has 0 aliphatic rings. The molecule has 1 amide bonds. The van der Waals surface area contributed by atoms with Crippen molar-refractivity contribution in [3.8, 4) is 11.3 Å². The molecule has 0 aliphatic carbocycles. The highest BCUT2D eigenvalue weighted by Crippen LogP contribution is 2.22. The minimum Gasteiger partial charge on any atom is -0.465 e. The van der Waals surface area contributed by atoms with Crippen molar-refractivity contribution in [2.75, 3.05) is 0 Å². The fraction of sp³-hybridized carbons (Fsp3) is 0.375. The molecular weight excluding hydrogens is 266 g/mol. The van der Waals surface area contributed by atoms with Crippen LogP contribution in [-0.4, -0.2) is 21.2 Å². The first-order valence-electron chi connectivity index (χ1n) is 7.30. The van der Waals surface area contributed by atoms with E-state index in [0.29, 0.717) is 5.82 Å². The molecule has 0 spiro atoms. The summed E-state index contributed by atoms with van der Waals surface area (Å²) in [5, 5.41) is 11.5. The molecule has 1 heterocycles. The molecule has 0 fully saturated rings. The van der Waals surface area contributed by atoms with E-state index in [9.17, 15) is 4.79 Å². The lowest BCUT2D eigenvalue weighted by Crippen LogP contribution is -2.27. The van der Waals surface area contributed by atoms with E-state index in [1.165, 1.54) is 0 Å². The van der Waals surface area contributed by atoms with Gasteiger partial charge >= 0.3 is 6.09 Å². The second-order valence-electron chi connectivity index (χ2n) is 5.05. The van der Waals surface area contributed by atoms with Gasteiger partial charge in [0.15, 0.2) is 0 Å². The van der Waals surface area contributed by atoms with Crippen LogP contribution >= 0.6 is 0 Å². The van der Waals surface area contributed by atoms with Crippen LogP contribution in [0.4, 0.5) is 4.79 Å². The summed E-state index contributed by atoms with van der Waals surface area (Å²) in [5.41, 5.74) is 1.94. The van der Waals surface area contributed by atoms with Crippen molar-refractivity contribution < 1.29 is 9.90 Å². The van der Waals surface area contributed by atoms with E-state index in [1.807, 2.05) is 30.3 Å². The Morgan fingerprint density at radius 3 is 2.76 bits per heavy atom. The zero-order chi connectivity index (χ0) is 15.1. The summed E-state index contributed by atoms with van der Waals surface area (Å²) >= 11 is 0. The second kappa shape index (κ2) is 7.47. The number of amides is 1. The molecule has 0 saturated carbocycles. The molecule has 1 unspecified atom stereocenters. The molecule has 21 heavy (non-hydrogen) atoms. The topological polar surface area (TPSA) is 78.0 Å².